The summed E-state index contributed by atoms with van der Waals surface area (Å²) in [5.41, 5.74) is 6.63. The molecule has 0 bridgehead atoms. The van der Waals surface area contributed by atoms with Crippen LogP contribution >= 0.6 is 24.0 Å². The second-order valence-electron chi connectivity index (χ2n) is 4.61. The van der Waals surface area contributed by atoms with Gasteiger partial charge in [-0.3, -0.25) is 4.99 Å². The summed E-state index contributed by atoms with van der Waals surface area (Å²) in [6, 6.07) is 5.56. The molecule has 1 rings (SSSR count). The molecular formula is C17H28IN3O3. The Kier molecular flexibility index (Phi) is 13.1. The maximum atomic E-state index is 5.91. The number of hydrogen-bond acceptors (Lipinski definition) is 4. The van der Waals surface area contributed by atoms with Gasteiger partial charge in [0.05, 0.1) is 38.7 Å². The van der Waals surface area contributed by atoms with Gasteiger partial charge in [0.25, 0.3) is 0 Å². The Labute approximate surface area is 161 Å². The van der Waals surface area contributed by atoms with Crippen LogP contribution in [0.5, 0.6) is 11.5 Å². The predicted octanol–water partition coefficient (Wildman–Crippen LogP) is 3.42. The molecule has 24 heavy (non-hydrogen) atoms. The summed E-state index contributed by atoms with van der Waals surface area (Å²) in [5, 5.41) is 3.05. The third kappa shape index (κ3) is 8.97. The molecule has 0 unspecified atom stereocenters. The zero-order chi connectivity index (χ0) is 16.9. The lowest BCUT2D eigenvalue weighted by atomic mass is 10.2. The van der Waals surface area contributed by atoms with E-state index in [2.05, 4.69) is 16.9 Å². The molecule has 0 fully saturated rings. The maximum absolute atomic E-state index is 5.91. The molecule has 1 aromatic carbocycles. The Bertz CT molecular complexity index is 510. The first-order valence-electron chi connectivity index (χ1n) is 7.86. The average Bonchev–Trinajstić information content (AvgIpc) is 2.53. The molecule has 0 radical (unpaired) electrons. The standard InChI is InChI=1S/C17H27N3O3.HI/c1-4-7-11-21-12-10-19-17(18)20-15-13-14(22-5-2)8-9-16(15)23-6-3;/h4,8-9,13H,1,5-7,10-12H2,2-3H3,(H3,18,19,20);1H. The van der Waals surface area contributed by atoms with Crippen LogP contribution in [-0.2, 0) is 4.74 Å². The van der Waals surface area contributed by atoms with Crippen molar-refractivity contribution in [3.63, 3.8) is 0 Å². The van der Waals surface area contributed by atoms with Gasteiger partial charge < -0.3 is 25.3 Å². The van der Waals surface area contributed by atoms with E-state index >= 15 is 0 Å². The molecule has 0 aliphatic heterocycles. The topological polar surface area (TPSA) is 78.1 Å². The highest BCUT2D eigenvalue weighted by Crippen LogP contribution is 2.29. The van der Waals surface area contributed by atoms with Crippen LogP contribution in [0.1, 0.15) is 20.3 Å². The molecular weight excluding hydrogens is 421 g/mol. The molecule has 0 atom stereocenters. The van der Waals surface area contributed by atoms with Crippen LogP contribution in [0.2, 0.25) is 0 Å². The van der Waals surface area contributed by atoms with Crippen molar-refractivity contribution >= 4 is 35.6 Å². The highest BCUT2D eigenvalue weighted by molar-refractivity contribution is 14.0. The van der Waals surface area contributed by atoms with Gasteiger partial charge in [-0.05, 0) is 32.4 Å². The number of anilines is 1. The molecule has 1 aromatic rings. The smallest absolute Gasteiger partial charge is 0.193 e. The summed E-state index contributed by atoms with van der Waals surface area (Å²) in [7, 11) is 0. The zero-order valence-corrected chi connectivity index (χ0v) is 16.7. The molecule has 0 saturated heterocycles. The lowest BCUT2D eigenvalue weighted by Gasteiger charge is -2.14. The number of nitrogens with two attached hydrogens (primary N) is 1. The third-order valence-electron chi connectivity index (χ3n) is 2.81. The number of ether oxygens (including phenoxy) is 3. The predicted molar refractivity (Wildman–Crippen MR) is 110 cm³/mol. The second-order valence-corrected chi connectivity index (χ2v) is 4.61. The van der Waals surface area contributed by atoms with E-state index in [1.54, 1.807) is 0 Å². The summed E-state index contributed by atoms with van der Waals surface area (Å²) in [5.74, 6) is 1.77. The molecule has 0 spiro atoms. The highest BCUT2D eigenvalue weighted by atomic mass is 127. The molecule has 3 N–H and O–H groups in total. The van der Waals surface area contributed by atoms with Crippen molar-refractivity contribution in [2.45, 2.75) is 20.3 Å². The number of nitrogens with one attached hydrogen (secondary N) is 1. The number of aliphatic imine (C=N–C) groups is 1. The molecule has 0 aliphatic rings. The van der Waals surface area contributed by atoms with E-state index in [0.717, 1.165) is 17.9 Å². The lowest BCUT2D eigenvalue weighted by molar-refractivity contribution is 0.146. The van der Waals surface area contributed by atoms with E-state index in [4.69, 9.17) is 19.9 Å². The van der Waals surface area contributed by atoms with E-state index in [1.165, 1.54) is 0 Å². The fourth-order valence-electron chi connectivity index (χ4n) is 1.82. The number of rotatable bonds is 11. The van der Waals surface area contributed by atoms with Crippen LogP contribution in [-0.4, -0.2) is 38.9 Å². The van der Waals surface area contributed by atoms with Crippen molar-refractivity contribution in [2.75, 3.05) is 38.3 Å². The minimum atomic E-state index is 0. The highest BCUT2D eigenvalue weighted by Gasteiger charge is 2.07. The molecule has 0 saturated carbocycles. The molecule has 6 nitrogen and oxygen atoms in total. The number of benzene rings is 1. The van der Waals surface area contributed by atoms with E-state index in [0.29, 0.717) is 44.7 Å². The van der Waals surface area contributed by atoms with Gasteiger partial charge >= 0.3 is 0 Å². The van der Waals surface area contributed by atoms with Crippen LogP contribution in [0.25, 0.3) is 0 Å². The Morgan fingerprint density at radius 1 is 1.25 bits per heavy atom. The van der Waals surface area contributed by atoms with Crippen LogP contribution in [0, 0.1) is 0 Å². The fraction of sp³-hybridized carbons (Fsp3) is 0.471. The molecule has 0 heterocycles. The summed E-state index contributed by atoms with van der Waals surface area (Å²) in [4.78, 5) is 4.23. The van der Waals surface area contributed by atoms with Crippen molar-refractivity contribution in [2.24, 2.45) is 10.7 Å². The van der Waals surface area contributed by atoms with Gasteiger partial charge in [0.2, 0.25) is 0 Å². The minimum Gasteiger partial charge on any atom is -0.494 e. The monoisotopic (exact) mass is 449 g/mol. The second kappa shape index (κ2) is 13.9. The number of guanidine groups is 1. The summed E-state index contributed by atoms with van der Waals surface area (Å²) in [6.07, 6.45) is 2.65. The normalized spacial score (nSPS) is 10.7. The average molecular weight is 449 g/mol. The number of hydrogen-bond donors (Lipinski definition) is 2. The molecule has 136 valence electrons. The van der Waals surface area contributed by atoms with Gasteiger partial charge in [-0.2, -0.15) is 0 Å². The molecule has 0 amide bonds. The first-order chi connectivity index (χ1) is 11.2. The van der Waals surface area contributed by atoms with Crippen molar-refractivity contribution in [3.8, 4) is 11.5 Å². The van der Waals surface area contributed by atoms with Gasteiger partial charge in [-0.25, -0.2) is 0 Å². The van der Waals surface area contributed by atoms with E-state index < -0.39 is 0 Å². The molecule has 0 aliphatic carbocycles. The quantitative estimate of drug-likeness (QED) is 0.178. The van der Waals surface area contributed by atoms with E-state index in [1.807, 2.05) is 38.1 Å². The first-order valence-corrected chi connectivity index (χ1v) is 7.86. The summed E-state index contributed by atoms with van der Waals surface area (Å²) < 4.78 is 16.5. The fourth-order valence-corrected chi connectivity index (χ4v) is 1.82. The van der Waals surface area contributed by atoms with Crippen molar-refractivity contribution in [3.05, 3.63) is 30.9 Å². The van der Waals surface area contributed by atoms with Crippen LogP contribution in [0.15, 0.2) is 35.8 Å². The van der Waals surface area contributed by atoms with Crippen LogP contribution in [0.3, 0.4) is 0 Å². The van der Waals surface area contributed by atoms with Gasteiger partial charge in [0, 0.05) is 6.07 Å². The minimum absolute atomic E-state index is 0. The lowest BCUT2D eigenvalue weighted by Crippen LogP contribution is -2.24. The SMILES string of the molecule is C=CCCOCCN=C(N)Nc1cc(OCC)ccc1OCC.I. The van der Waals surface area contributed by atoms with Gasteiger partial charge in [0.15, 0.2) is 5.96 Å². The largest absolute Gasteiger partial charge is 0.494 e. The van der Waals surface area contributed by atoms with E-state index in [9.17, 15) is 0 Å². The Hall–Kier alpha value is -1.48. The van der Waals surface area contributed by atoms with Crippen LogP contribution < -0.4 is 20.5 Å². The summed E-state index contributed by atoms with van der Waals surface area (Å²) in [6.45, 7) is 10.3. The Morgan fingerprint density at radius 3 is 2.67 bits per heavy atom. The van der Waals surface area contributed by atoms with Crippen molar-refractivity contribution < 1.29 is 14.2 Å². The number of nitrogens with zero attached hydrogens (tertiary/aromatic N) is 1. The van der Waals surface area contributed by atoms with Crippen LogP contribution in [0.4, 0.5) is 5.69 Å². The first kappa shape index (κ1) is 22.5. The van der Waals surface area contributed by atoms with Gasteiger partial charge in [-0.1, -0.05) is 6.08 Å². The zero-order valence-electron chi connectivity index (χ0n) is 14.4. The maximum Gasteiger partial charge on any atom is 0.193 e. The number of halogens is 1. The molecule has 7 heteroatoms. The van der Waals surface area contributed by atoms with E-state index in [-0.39, 0.29) is 24.0 Å². The Morgan fingerprint density at radius 2 is 2.00 bits per heavy atom. The van der Waals surface area contributed by atoms with Crippen molar-refractivity contribution in [1.29, 1.82) is 0 Å². The van der Waals surface area contributed by atoms with Gasteiger partial charge in [0.1, 0.15) is 11.5 Å². The van der Waals surface area contributed by atoms with Gasteiger partial charge in [-0.15, -0.1) is 30.6 Å². The third-order valence-corrected chi connectivity index (χ3v) is 2.81. The molecule has 0 aromatic heterocycles. The summed E-state index contributed by atoms with van der Waals surface area (Å²) >= 11 is 0. The Balaban J connectivity index is 0.00000529. The van der Waals surface area contributed by atoms with Crippen molar-refractivity contribution in [1.82, 2.24) is 0 Å².